The van der Waals surface area contributed by atoms with Gasteiger partial charge in [0.05, 0.1) is 0 Å². The number of hydrogen-bond donors (Lipinski definition) is 2. The van der Waals surface area contributed by atoms with Gasteiger partial charge in [-0.05, 0) is 64.3 Å². The van der Waals surface area contributed by atoms with Crippen LogP contribution in [0.4, 0.5) is 13.2 Å². The first-order valence-corrected chi connectivity index (χ1v) is 14.4. The highest BCUT2D eigenvalue weighted by atomic mass is 32.2. The van der Waals surface area contributed by atoms with Gasteiger partial charge < -0.3 is 15.2 Å². The van der Waals surface area contributed by atoms with Crippen molar-refractivity contribution in [3.63, 3.8) is 0 Å². The lowest BCUT2D eigenvalue weighted by molar-refractivity contribution is -0.135. The second kappa shape index (κ2) is 10.2. The van der Waals surface area contributed by atoms with E-state index in [1.165, 1.54) is 4.31 Å². The van der Waals surface area contributed by atoms with Gasteiger partial charge in [-0.15, -0.1) is 0 Å². The van der Waals surface area contributed by atoms with Gasteiger partial charge in [-0.25, -0.2) is 0 Å². The minimum Gasteiger partial charge on any atom is -0.360 e. The summed E-state index contributed by atoms with van der Waals surface area (Å²) in [6, 6.07) is 1.30. The number of nitrogens with zero attached hydrogens (tertiary/aromatic N) is 3. The molecule has 3 atom stereocenters. The van der Waals surface area contributed by atoms with Gasteiger partial charge in [0.25, 0.3) is 16.1 Å². The van der Waals surface area contributed by atoms with Crippen LogP contribution in [0, 0.1) is 0 Å². The van der Waals surface area contributed by atoms with Gasteiger partial charge in [-0.1, -0.05) is 5.16 Å². The first kappa shape index (κ1) is 25.9. The number of hydrogen-bond acceptors (Lipinski definition) is 6. The van der Waals surface area contributed by atoms with E-state index in [2.05, 4.69) is 15.8 Å². The summed E-state index contributed by atoms with van der Waals surface area (Å²) in [6.45, 7) is 0.978. The van der Waals surface area contributed by atoms with Gasteiger partial charge in [0.2, 0.25) is 0 Å². The molecule has 0 aromatic carbocycles. The van der Waals surface area contributed by atoms with E-state index in [0.29, 0.717) is 44.7 Å². The molecule has 13 heteroatoms. The van der Waals surface area contributed by atoms with Crippen molar-refractivity contribution in [3.8, 4) is 0 Å². The number of amides is 1. The Bertz CT molecular complexity index is 1020. The van der Waals surface area contributed by atoms with Gasteiger partial charge in [0.1, 0.15) is 5.76 Å². The van der Waals surface area contributed by atoms with Gasteiger partial charge in [-0.2, -0.15) is 30.2 Å². The summed E-state index contributed by atoms with van der Waals surface area (Å²) in [5.41, 5.74) is 0.272. The van der Waals surface area contributed by atoms with E-state index in [9.17, 15) is 26.4 Å². The number of alkyl halides is 3. The molecule has 2 N–H and O–H groups in total. The molecule has 9 nitrogen and oxygen atoms in total. The Balaban J connectivity index is 1.11. The van der Waals surface area contributed by atoms with Crippen LogP contribution in [-0.4, -0.2) is 78.1 Å². The van der Waals surface area contributed by atoms with Gasteiger partial charge in [0.15, 0.2) is 5.69 Å². The lowest BCUT2D eigenvalue weighted by Gasteiger charge is -2.42. The van der Waals surface area contributed by atoms with E-state index in [1.807, 2.05) is 0 Å². The van der Waals surface area contributed by atoms with Gasteiger partial charge >= 0.3 is 6.18 Å². The number of fused-ring (bicyclic) bond motifs is 2. The standard InChI is InChI=1S/C23H34F3N5O4S/c24-23(25,26)8-1-9-27-16-6-10-30(11-7-16)36(33,34)31-18-4-5-19(31)13-17(12-18)28-22(32)20-14-21(35-29-20)15-2-3-15/h14-19,27H,1-13H2,(H,28,32)/t17-,18+,19-. The molecule has 0 unspecified atom stereocenters. The summed E-state index contributed by atoms with van der Waals surface area (Å²) < 4.78 is 72.4. The number of halogens is 3. The van der Waals surface area contributed by atoms with Crippen molar-refractivity contribution in [2.45, 2.75) is 100 Å². The maximum absolute atomic E-state index is 13.5. The Hall–Kier alpha value is -1.70. The highest BCUT2D eigenvalue weighted by Gasteiger charge is 2.49. The zero-order valence-corrected chi connectivity index (χ0v) is 21.0. The summed E-state index contributed by atoms with van der Waals surface area (Å²) in [5.74, 6) is 0.844. The molecule has 4 fully saturated rings. The molecule has 2 bridgehead atoms. The van der Waals surface area contributed by atoms with Crippen LogP contribution in [0.1, 0.15) is 86.4 Å². The van der Waals surface area contributed by atoms with Crippen LogP contribution < -0.4 is 10.6 Å². The van der Waals surface area contributed by atoms with Crippen LogP contribution in [0.2, 0.25) is 0 Å². The predicted octanol–water partition coefficient (Wildman–Crippen LogP) is 2.92. The van der Waals surface area contributed by atoms with Crippen LogP contribution in [-0.2, 0) is 10.2 Å². The van der Waals surface area contributed by atoms with Crippen molar-refractivity contribution < 1.29 is 30.9 Å². The van der Waals surface area contributed by atoms with Crippen LogP contribution in [0.3, 0.4) is 0 Å². The van der Waals surface area contributed by atoms with E-state index in [0.717, 1.165) is 31.4 Å². The van der Waals surface area contributed by atoms with Crippen molar-refractivity contribution in [3.05, 3.63) is 17.5 Å². The maximum atomic E-state index is 13.5. The molecule has 1 saturated carbocycles. The first-order chi connectivity index (χ1) is 17.1. The third kappa shape index (κ3) is 5.89. The fraction of sp³-hybridized carbons (Fsp3) is 0.826. The average Bonchev–Trinajstić information content (AvgIpc) is 3.48. The van der Waals surface area contributed by atoms with Crippen molar-refractivity contribution in [2.24, 2.45) is 0 Å². The molecule has 5 rings (SSSR count). The summed E-state index contributed by atoms with van der Waals surface area (Å²) in [4.78, 5) is 12.7. The fourth-order valence-corrected chi connectivity index (χ4v) is 7.94. The molecule has 4 heterocycles. The number of piperidine rings is 2. The monoisotopic (exact) mass is 533 g/mol. The van der Waals surface area contributed by atoms with Crippen LogP contribution >= 0.6 is 0 Å². The Morgan fingerprint density at radius 3 is 2.33 bits per heavy atom. The lowest BCUT2D eigenvalue weighted by atomic mass is 9.99. The topological polar surface area (TPSA) is 108 Å². The molecule has 0 spiro atoms. The molecule has 4 aliphatic rings. The number of nitrogens with one attached hydrogen (secondary N) is 2. The largest absolute Gasteiger partial charge is 0.389 e. The van der Waals surface area contributed by atoms with Crippen LogP contribution in [0.15, 0.2) is 10.6 Å². The van der Waals surface area contributed by atoms with Crippen molar-refractivity contribution >= 4 is 16.1 Å². The van der Waals surface area contributed by atoms with E-state index in [-0.39, 0.29) is 48.7 Å². The second-order valence-corrected chi connectivity index (χ2v) is 12.4. The molecule has 3 aliphatic heterocycles. The highest BCUT2D eigenvalue weighted by molar-refractivity contribution is 7.86. The number of aromatic nitrogens is 1. The normalized spacial score (nSPS) is 28.5. The predicted molar refractivity (Wildman–Crippen MR) is 124 cm³/mol. The molecule has 36 heavy (non-hydrogen) atoms. The fourth-order valence-electron chi connectivity index (χ4n) is 5.86. The maximum Gasteiger partial charge on any atom is 0.389 e. The van der Waals surface area contributed by atoms with E-state index in [4.69, 9.17) is 4.52 Å². The van der Waals surface area contributed by atoms with Crippen molar-refractivity contribution in [1.29, 1.82) is 0 Å². The zero-order chi connectivity index (χ0) is 25.5. The van der Waals surface area contributed by atoms with Crippen molar-refractivity contribution in [2.75, 3.05) is 19.6 Å². The van der Waals surface area contributed by atoms with Crippen LogP contribution in [0.5, 0.6) is 0 Å². The molecule has 1 aromatic heterocycles. The SMILES string of the molecule is O=C(N[C@H]1C[C@H]2CC[C@@H](C1)N2S(=O)(=O)N1CCC(NCCCC(F)(F)F)CC1)c1cc(C2CC2)on1. The number of carbonyl (C=O) groups excluding carboxylic acids is 1. The van der Waals surface area contributed by atoms with Crippen molar-refractivity contribution in [1.82, 2.24) is 24.4 Å². The Labute approximate surface area is 209 Å². The molecular weight excluding hydrogens is 499 g/mol. The molecule has 1 aromatic rings. The number of rotatable bonds is 9. The molecule has 1 amide bonds. The Morgan fingerprint density at radius 1 is 1.06 bits per heavy atom. The minimum atomic E-state index is -4.15. The molecule has 1 aliphatic carbocycles. The Kier molecular flexibility index (Phi) is 7.36. The van der Waals surface area contributed by atoms with E-state index in [1.54, 1.807) is 10.4 Å². The highest BCUT2D eigenvalue weighted by Crippen LogP contribution is 2.41. The lowest BCUT2D eigenvalue weighted by Crippen LogP contribution is -2.57. The summed E-state index contributed by atoms with van der Waals surface area (Å²) in [5, 5.41) is 10.1. The van der Waals surface area contributed by atoms with Crippen LogP contribution in [0.25, 0.3) is 0 Å². The number of carbonyl (C=O) groups is 1. The second-order valence-electron chi connectivity index (χ2n) is 10.6. The summed E-state index contributed by atoms with van der Waals surface area (Å²) >= 11 is 0. The molecule has 202 valence electrons. The average molecular weight is 534 g/mol. The van der Waals surface area contributed by atoms with Gasteiger partial charge in [-0.3, -0.25) is 4.79 Å². The summed E-state index contributed by atoms with van der Waals surface area (Å²) in [7, 11) is -3.64. The zero-order valence-electron chi connectivity index (χ0n) is 20.2. The summed E-state index contributed by atoms with van der Waals surface area (Å²) in [6.07, 6.45) is 0.990. The minimum absolute atomic E-state index is 0.0230. The van der Waals surface area contributed by atoms with E-state index < -0.39 is 22.8 Å². The molecule has 0 radical (unpaired) electrons. The third-order valence-corrected chi connectivity index (χ3v) is 10.0. The van der Waals surface area contributed by atoms with E-state index >= 15 is 0 Å². The molecule has 3 saturated heterocycles. The Morgan fingerprint density at radius 2 is 1.72 bits per heavy atom. The quantitative estimate of drug-likeness (QED) is 0.473. The molecular formula is C23H34F3N5O4S. The third-order valence-electron chi connectivity index (χ3n) is 7.86. The smallest absolute Gasteiger partial charge is 0.360 e. The van der Waals surface area contributed by atoms with Gasteiger partial charge in [0, 0.05) is 55.7 Å². The first-order valence-electron chi connectivity index (χ1n) is 13.0.